The van der Waals surface area contributed by atoms with Gasteiger partial charge in [0.15, 0.2) is 0 Å². The molecular formula is C24H28F3N3O2. The van der Waals surface area contributed by atoms with Gasteiger partial charge in [-0.2, -0.15) is 13.2 Å². The number of alkyl halides is 3. The first-order valence-corrected chi connectivity index (χ1v) is 11.0. The van der Waals surface area contributed by atoms with Crippen molar-refractivity contribution in [3.63, 3.8) is 0 Å². The van der Waals surface area contributed by atoms with E-state index in [2.05, 4.69) is 10.6 Å². The van der Waals surface area contributed by atoms with E-state index in [1.54, 1.807) is 17.0 Å². The molecule has 0 spiro atoms. The minimum absolute atomic E-state index is 0.0400. The number of hydrogen-bond acceptors (Lipinski definition) is 4. The Hall–Kier alpha value is -2.58. The molecule has 5 nitrogen and oxygen atoms in total. The average Bonchev–Trinajstić information content (AvgIpc) is 2.79. The van der Waals surface area contributed by atoms with Gasteiger partial charge in [0.2, 0.25) is 0 Å². The summed E-state index contributed by atoms with van der Waals surface area (Å²) in [4.78, 5) is 14.7. The summed E-state index contributed by atoms with van der Waals surface area (Å²) in [5, 5.41) is 17.3. The van der Waals surface area contributed by atoms with Crippen LogP contribution in [-0.4, -0.2) is 48.1 Å². The highest BCUT2D eigenvalue weighted by Gasteiger charge is 2.32. The molecule has 2 aliphatic heterocycles. The number of halogens is 3. The third-order valence-electron chi connectivity index (χ3n) is 6.47. The SMILES string of the molecule is O=C(c1ccc(C2(O)CCNCC2)cc1)N1CCC(Nc2ccc(C(F)(F)F)cc2)CC1. The maximum absolute atomic E-state index is 12.9. The van der Waals surface area contributed by atoms with Crippen LogP contribution in [0, 0.1) is 0 Å². The first kappa shape index (κ1) is 22.6. The van der Waals surface area contributed by atoms with Crippen molar-refractivity contribution in [3.8, 4) is 0 Å². The zero-order valence-corrected chi connectivity index (χ0v) is 17.8. The number of benzene rings is 2. The molecule has 2 saturated heterocycles. The van der Waals surface area contributed by atoms with Crippen molar-refractivity contribution >= 4 is 11.6 Å². The van der Waals surface area contributed by atoms with Gasteiger partial charge in [-0.3, -0.25) is 4.79 Å². The lowest BCUT2D eigenvalue weighted by molar-refractivity contribution is -0.137. The summed E-state index contributed by atoms with van der Waals surface area (Å²) in [6.07, 6.45) is -1.59. The molecule has 4 rings (SSSR count). The van der Waals surface area contributed by atoms with Crippen LogP contribution in [0.5, 0.6) is 0 Å². The Balaban J connectivity index is 1.30. The van der Waals surface area contributed by atoms with Gasteiger partial charge in [0.05, 0.1) is 11.2 Å². The number of likely N-dealkylation sites (tertiary alicyclic amines) is 1. The summed E-state index contributed by atoms with van der Waals surface area (Å²) in [5.74, 6) is -0.0400. The van der Waals surface area contributed by atoms with Crippen molar-refractivity contribution in [3.05, 3.63) is 65.2 Å². The molecule has 8 heteroatoms. The fourth-order valence-corrected chi connectivity index (χ4v) is 4.45. The van der Waals surface area contributed by atoms with E-state index in [0.717, 1.165) is 43.6 Å². The van der Waals surface area contributed by atoms with E-state index in [-0.39, 0.29) is 11.9 Å². The molecule has 0 bridgehead atoms. The molecule has 2 aromatic rings. The van der Waals surface area contributed by atoms with Crippen molar-refractivity contribution in [2.45, 2.75) is 43.5 Å². The van der Waals surface area contributed by atoms with Crippen LogP contribution in [0.1, 0.15) is 47.2 Å². The summed E-state index contributed by atoms with van der Waals surface area (Å²) in [6, 6.07) is 12.4. The lowest BCUT2D eigenvalue weighted by Crippen LogP contribution is -2.42. The van der Waals surface area contributed by atoms with Gasteiger partial charge in [0.25, 0.3) is 5.91 Å². The quantitative estimate of drug-likeness (QED) is 0.663. The summed E-state index contributed by atoms with van der Waals surface area (Å²) in [5.41, 5.74) is 0.584. The van der Waals surface area contributed by atoms with Crippen LogP contribution in [-0.2, 0) is 11.8 Å². The summed E-state index contributed by atoms with van der Waals surface area (Å²) in [6.45, 7) is 2.70. The smallest absolute Gasteiger partial charge is 0.385 e. The maximum Gasteiger partial charge on any atom is 0.416 e. The van der Waals surface area contributed by atoms with Gasteiger partial charge >= 0.3 is 6.18 Å². The molecule has 0 radical (unpaired) electrons. The molecule has 0 aromatic heterocycles. The molecule has 3 N–H and O–H groups in total. The van der Waals surface area contributed by atoms with Gasteiger partial charge < -0.3 is 20.6 Å². The van der Waals surface area contributed by atoms with Crippen LogP contribution in [0.15, 0.2) is 48.5 Å². The zero-order valence-electron chi connectivity index (χ0n) is 17.8. The normalized spacial score (nSPS) is 19.6. The number of carbonyl (C=O) groups excluding carboxylic acids is 1. The van der Waals surface area contributed by atoms with Gasteiger partial charge in [0.1, 0.15) is 0 Å². The number of aliphatic hydroxyl groups is 1. The third kappa shape index (κ3) is 5.07. The Labute approximate surface area is 185 Å². The van der Waals surface area contributed by atoms with Gasteiger partial charge in [0, 0.05) is 30.4 Å². The van der Waals surface area contributed by atoms with Crippen molar-refractivity contribution in [1.29, 1.82) is 0 Å². The lowest BCUT2D eigenvalue weighted by atomic mass is 9.85. The van der Waals surface area contributed by atoms with Gasteiger partial charge in [-0.1, -0.05) is 12.1 Å². The second-order valence-electron chi connectivity index (χ2n) is 8.64. The number of anilines is 1. The highest BCUT2D eigenvalue weighted by Crippen LogP contribution is 2.31. The molecule has 32 heavy (non-hydrogen) atoms. The highest BCUT2D eigenvalue weighted by atomic mass is 19.4. The van der Waals surface area contributed by atoms with E-state index in [1.807, 2.05) is 12.1 Å². The van der Waals surface area contributed by atoms with E-state index in [0.29, 0.717) is 37.2 Å². The minimum atomic E-state index is -4.34. The maximum atomic E-state index is 12.9. The molecule has 2 aliphatic rings. The Bertz CT molecular complexity index is 915. The van der Waals surface area contributed by atoms with E-state index in [9.17, 15) is 23.1 Å². The second-order valence-corrected chi connectivity index (χ2v) is 8.64. The molecule has 0 unspecified atom stereocenters. The number of rotatable bonds is 4. The molecule has 2 fully saturated rings. The summed E-state index contributed by atoms with van der Waals surface area (Å²) in [7, 11) is 0. The number of carbonyl (C=O) groups is 1. The van der Waals surface area contributed by atoms with Crippen LogP contribution in [0.25, 0.3) is 0 Å². The predicted octanol–water partition coefficient (Wildman–Crippen LogP) is 3.99. The van der Waals surface area contributed by atoms with Crippen LogP contribution >= 0.6 is 0 Å². The Morgan fingerprint density at radius 1 is 1.00 bits per heavy atom. The molecule has 1 amide bonds. The summed E-state index contributed by atoms with van der Waals surface area (Å²) >= 11 is 0. The molecule has 0 aliphatic carbocycles. The van der Waals surface area contributed by atoms with E-state index in [4.69, 9.17) is 0 Å². The van der Waals surface area contributed by atoms with Crippen LogP contribution < -0.4 is 10.6 Å². The summed E-state index contributed by atoms with van der Waals surface area (Å²) < 4.78 is 38.1. The van der Waals surface area contributed by atoms with Crippen molar-refractivity contribution in [2.75, 3.05) is 31.5 Å². The monoisotopic (exact) mass is 447 g/mol. The molecule has 0 saturated carbocycles. The minimum Gasteiger partial charge on any atom is -0.385 e. The van der Waals surface area contributed by atoms with Crippen LogP contribution in [0.3, 0.4) is 0 Å². The number of nitrogens with one attached hydrogen (secondary N) is 2. The standard InChI is InChI=1S/C24H28F3N3O2/c25-24(26,27)19-5-7-20(8-6-19)29-21-9-15-30(16-10-21)22(31)17-1-3-18(4-2-17)23(32)11-13-28-14-12-23/h1-8,21,28-29,32H,9-16H2. The Morgan fingerprint density at radius 3 is 2.16 bits per heavy atom. The number of amides is 1. The molecule has 2 aromatic carbocycles. The van der Waals surface area contributed by atoms with E-state index >= 15 is 0 Å². The van der Waals surface area contributed by atoms with Crippen LogP contribution in [0.4, 0.5) is 18.9 Å². The average molecular weight is 448 g/mol. The largest absolute Gasteiger partial charge is 0.416 e. The lowest BCUT2D eigenvalue weighted by Gasteiger charge is -2.34. The van der Waals surface area contributed by atoms with Crippen molar-refractivity contribution < 1.29 is 23.1 Å². The Morgan fingerprint density at radius 2 is 1.59 bits per heavy atom. The fourth-order valence-electron chi connectivity index (χ4n) is 4.45. The third-order valence-corrected chi connectivity index (χ3v) is 6.47. The van der Waals surface area contributed by atoms with Gasteiger partial charge in [-0.05, 0) is 80.7 Å². The number of nitrogens with zero attached hydrogens (tertiary/aromatic N) is 1. The highest BCUT2D eigenvalue weighted by molar-refractivity contribution is 5.94. The van der Waals surface area contributed by atoms with Crippen molar-refractivity contribution in [2.24, 2.45) is 0 Å². The molecule has 2 heterocycles. The fraction of sp³-hybridized carbons (Fsp3) is 0.458. The van der Waals surface area contributed by atoms with E-state index < -0.39 is 17.3 Å². The second kappa shape index (κ2) is 9.11. The van der Waals surface area contributed by atoms with E-state index in [1.165, 1.54) is 12.1 Å². The van der Waals surface area contributed by atoms with Gasteiger partial charge in [-0.15, -0.1) is 0 Å². The molecule has 0 atom stereocenters. The predicted molar refractivity (Wildman–Crippen MR) is 116 cm³/mol. The van der Waals surface area contributed by atoms with Crippen LogP contribution in [0.2, 0.25) is 0 Å². The zero-order chi connectivity index (χ0) is 22.8. The molecule has 172 valence electrons. The topological polar surface area (TPSA) is 64.6 Å². The van der Waals surface area contributed by atoms with Crippen molar-refractivity contribution in [1.82, 2.24) is 10.2 Å². The first-order chi connectivity index (χ1) is 15.2. The first-order valence-electron chi connectivity index (χ1n) is 11.0. The number of hydrogen-bond donors (Lipinski definition) is 3. The molecular weight excluding hydrogens is 419 g/mol. The van der Waals surface area contributed by atoms with Gasteiger partial charge in [-0.25, -0.2) is 0 Å². The number of piperidine rings is 2. The Kier molecular flexibility index (Phi) is 6.44.